The minimum absolute atomic E-state index is 0.253. The van der Waals surface area contributed by atoms with Gasteiger partial charge in [-0.15, -0.1) is 0 Å². The van der Waals surface area contributed by atoms with E-state index >= 15 is 0 Å². The highest BCUT2D eigenvalue weighted by molar-refractivity contribution is 5.45. The van der Waals surface area contributed by atoms with E-state index in [0.717, 1.165) is 31.0 Å². The summed E-state index contributed by atoms with van der Waals surface area (Å²) < 4.78 is 7.60. The molecule has 0 radical (unpaired) electrons. The van der Waals surface area contributed by atoms with E-state index < -0.39 is 0 Å². The second-order valence-corrected chi connectivity index (χ2v) is 4.94. The first-order valence-corrected chi connectivity index (χ1v) is 6.94. The van der Waals surface area contributed by atoms with Gasteiger partial charge in [-0.3, -0.25) is 4.90 Å². The van der Waals surface area contributed by atoms with E-state index in [1.165, 1.54) is 0 Å². The number of imidazole rings is 1. The van der Waals surface area contributed by atoms with Crippen LogP contribution in [0.25, 0.3) is 0 Å². The fourth-order valence-corrected chi connectivity index (χ4v) is 2.57. The maximum Gasteiger partial charge on any atom is 0.162 e. The Balaban J connectivity index is 1.74. The topological polar surface area (TPSA) is 50.5 Å². The lowest BCUT2D eigenvalue weighted by molar-refractivity contribution is 0.205. The van der Waals surface area contributed by atoms with Gasteiger partial charge in [0.1, 0.15) is 5.82 Å². The molecule has 0 amide bonds. The van der Waals surface area contributed by atoms with E-state index in [1.54, 1.807) is 6.07 Å². The van der Waals surface area contributed by atoms with Crippen LogP contribution in [0.4, 0.5) is 0 Å². The lowest BCUT2D eigenvalue weighted by Gasteiger charge is -2.27. The Hall–Kier alpha value is -2.01. The maximum atomic E-state index is 10.2. The molecule has 3 rings (SSSR count). The first-order valence-electron chi connectivity index (χ1n) is 6.94. The van der Waals surface area contributed by atoms with E-state index in [2.05, 4.69) is 14.5 Å². The van der Waals surface area contributed by atoms with Crippen molar-refractivity contribution in [3.05, 3.63) is 42.0 Å². The van der Waals surface area contributed by atoms with E-state index in [0.29, 0.717) is 18.9 Å². The molecule has 0 unspecified atom stereocenters. The first kappa shape index (κ1) is 13.0. The third-order valence-electron chi connectivity index (χ3n) is 3.60. The van der Waals surface area contributed by atoms with E-state index in [9.17, 15) is 5.11 Å². The zero-order chi connectivity index (χ0) is 13.9. The highest BCUT2D eigenvalue weighted by Gasteiger charge is 2.18. The van der Waals surface area contributed by atoms with Crippen molar-refractivity contribution in [3.63, 3.8) is 0 Å². The standard InChI is InChI=1S/C15H19N3O2/c1-2-20-13-5-3-4-12(15(13)19)10-17-8-9-18-7-6-16-14(18)11-17/h3-7,19H,2,8-11H2,1H3. The second kappa shape index (κ2) is 5.54. The minimum Gasteiger partial charge on any atom is -0.504 e. The van der Waals surface area contributed by atoms with Crippen LogP contribution in [0.1, 0.15) is 18.3 Å². The predicted octanol–water partition coefficient (Wildman–Crippen LogP) is 2.00. The van der Waals surface area contributed by atoms with Crippen molar-refractivity contribution in [3.8, 4) is 11.5 Å². The number of para-hydroxylation sites is 1. The molecule has 0 saturated heterocycles. The number of aromatic nitrogens is 2. The number of ether oxygens (including phenoxy) is 1. The van der Waals surface area contributed by atoms with Crippen LogP contribution in [0, 0.1) is 0 Å². The Morgan fingerprint density at radius 1 is 1.35 bits per heavy atom. The van der Waals surface area contributed by atoms with E-state index in [1.807, 2.05) is 31.5 Å². The SMILES string of the molecule is CCOc1cccc(CN2CCn3ccnc3C2)c1O. The molecule has 0 bridgehead atoms. The number of benzene rings is 1. The molecule has 5 nitrogen and oxygen atoms in total. The van der Waals surface area contributed by atoms with Crippen molar-refractivity contribution < 1.29 is 9.84 Å². The smallest absolute Gasteiger partial charge is 0.162 e. The second-order valence-electron chi connectivity index (χ2n) is 4.94. The first-order chi connectivity index (χ1) is 9.78. The summed E-state index contributed by atoms with van der Waals surface area (Å²) in [6.07, 6.45) is 3.85. The zero-order valence-electron chi connectivity index (χ0n) is 11.6. The summed E-state index contributed by atoms with van der Waals surface area (Å²) in [7, 11) is 0. The molecule has 1 aromatic heterocycles. The minimum atomic E-state index is 0.253. The van der Waals surface area contributed by atoms with E-state index in [-0.39, 0.29) is 5.75 Å². The van der Waals surface area contributed by atoms with Gasteiger partial charge in [0.05, 0.1) is 13.2 Å². The molecule has 1 aliphatic rings. The van der Waals surface area contributed by atoms with Gasteiger partial charge in [0.2, 0.25) is 0 Å². The molecule has 106 valence electrons. The predicted molar refractivity (Wildman–Crippen MR) is 75.6 cm³/mol. The molecule has 0 saturated carbocycles. The summed E-state index contributed by atoms with van der Waals surface area (Å²) in [5.74, 6) is 1.89. The van der Waals surface area contributed by atoms with Crippen molar-refractivity contribution in [2.24, 2.45) is 0 Å². The van der Waals surface area contributed by atoms with Crippen LogP contribution in [0.5, 0.6) is 11.5 Å². The summed E-state index contributed by atoms with van der Waals surface area (Å²) in [4.78, 5) is 6.64. The quantitative estimate of drug-likeness (QED) is 0.925. The molecular formula is C15H19N3O2. The Kier molecular flexibility index (Phi) is 3.60. The number of rotatable bonds is 4. The highest BCUT2D eigenvalue weighted by atomic mass is 16.5. The third-order valence-corrected chi connectivity index (χ3v) is 3.60. The number of fused-ring (bicyclic) bond motifs is 1. The van der Waals surface area contributed by atoms with Gasteiger partial charge < -0.3 is 14.4 Å². The lowest BCUT2D eigenvalue weighted by Crippen LogP contribution is -2.33. The molecule has 2 heterocycles. The van der Waals surface area contributed by atoms with Crippen LogP contribution in [-0.2, 0) is 19.6 Å². The van der Waals surface area contributed by atoms with Crippen molar-refractivity contribution in [1.29, 1.82) is 0 Å². The number of hydrogen-bond donors (Lipinski definition) is 1. The number of hydrogen-bond acceptors (Lipinski definition) is 4. The third kappa shape index (κ3) is 2.49. The maximum absolute atomic E-state index is 10.2. The van der Waals surface area contributed by atoms with Gasteiger partial charge in [-0.2, -0.15) is 0 Å². The Morgan fingerprint density at radius 3 is 3.10 bits per heavy atom. The van der Waals surface area contributed by atoms with Crippen molar-refractivity contribution >= 4 is 0 Å². The summed E-state index contributed by atoms with van der Waals surface area (Å²) in [6, 6.07) is 5.66. The average Bonchev–Trinajstić information content (AvgIpc) is 2.91. The number of aromatic hydroxyl groups is 1. The van der Waals surface area contributed by atoms with Gasteiger partial charge in [-0.05, 0) is 13.0 Å². The molecule has 0 fully saturated rings. The van der Waals surface area contributed by atoms with Crippen molar-refractivity contribution in [2.75, 3.05) is 13.2 Å². The molecule has 5 heteroatoms. The molecule has 0 atom stereocenters. The van der Waals surface area contributed by atoms with Crippen LogP contribution in [0.15, 0.2) is 30.6 Å². The van der Waals surface area contributed by atoms with Gasteiger partial charge in [0.25, 0.3) is 0 Å². The zero-order valence-corrected chi connectivity index (χ0v) is 11.6. The molecule has 1 aliphatic heterocycles. The van der Waals surface area contributed by atoms with Crippen LogP contribution in [-0.4, -0.2) is 32.7 Å². The molecule has 0 spiro atoms. The van der Waals surface area contributed by atoms with Crippen molar-refractivity contribution in [1.82, 2.24) is 14.5 Å². The van der Waals surface area contributed by atoms with Gasteiger partial charge >= 0.3 is 0 Å². The van der Waals surface area contributed by atoms with Gasteiger partial charge in [0, 0.05) is 37.6 Å². The summed E-state index contributed by atoms with van der Waals surface area (Å²) in [6.45, 7) is 5.89. The summed E-state index contributed by atoms with van der Waals surface area (Å²) in [5, 5.41) is 10.2. The van der Waals surface area contributed by atoms with Gasteiger partial charge in [-0.25, -0.2) is 4.98 Å². The summed E-state index contributed by atoms with van der Waals surface area (Å²) >= 11 is 0. The Labute approximate surface area is 118 Å². The molecule has 20 heavy (non-hydrogen) atoms. The molecule has 0 aliphatic carbocycles. The molecule has 2 aromatic rings. The van der Waals surface area contributed by atoms with Crippen LogP contribution < -0.4 is 4.74 Å². The number of phenols is 1. The Morgan fingerprint density at radius 2 is 2.25 bits per heavy atom. The highest BCUT2D eigenvalue weighted by Crippen LogP contribution is 2.31. The van der Waals surface area contributed by atoms with Crippen LogP contribution in [0.2, 0.25) is 0 Å². The number of phenolic OH excluding ortho intramolecular Hbond substituents is 1. The summed E-state index contributed by atoms with van der Waals surface area (Å²) in [5.41, 5.74) is 0.899. The molecule has 1 aromatic carbocycles. The van der Waals surface area contributed by atoms with E-state index in [4.69, 9.17) is 4.74 Å². The normalized spacial score (nSPS) is 15.1. The average molecular weight is 273 g/mol. The monoisotopic (exact) mass is 273 g/mol. The Bertz CT molecular complexity index is 595. The fraction of sp³-hybridized carbons (Fsp3) is 0.400. The van der Waals surface area contributed by atoms with Gasteiger partial charge in [-0.1, -0.05) is 12.1 Å². The van der Waals surface area contributed by atoms with Crippen molar-refractivity contribution in [2.45, 2.75) is 26.6 Å². The lowest BCUT2D eigenvalue weighted by atomic mass is 10.1. The molecular weight excluding hydrogens is 254 g/mol. The largest absolute Gasteiger partial charge is 0.504 e. The van der Waals surface area contributed by atoms with Crippen LogP contribution in [0.3, 0.4) is 0 Å². The molecule has 1 N–H and O–H groups in total. The van der Waals surface area contributed by atoms with Crippen LogP contribution >= 0.6 is 0 Å². The van der Waals surface area contributed by atoms with Gasteiger partial charge in [0.15, 0.2) is 11.5 Å². The fourth-order valence-electron chi connectivity index (χ4n) is 2.57. The number of nitrogens with zero attached hydrogens (tertiary/aromatic N) is 3.